The largest absolute Gasteiger partial charge is 0.444 e. The molecule has 3 atom stereocenters. The maximum atomic E-state index is 12.6. The Morgan fingerprint density at radius 1 is 1.16 bits per heavy atom. The van der Waals surface area contributed by atoms with Crippen LogP contribution in [0.15, 0.2) is 29.5 Å². The summed E-state index contributed by atoms with van der Waals surface area (Å²) in [6, 6.07) is 4.34. The number of carbonyl (C=O) groups excluding carboxylic acids is 1. The fraction of sp³-hybridized carbons (Fsp3) is 0.621. The lowest BCUT2D eigenvalue weighted by Crippen LogP contribution is -2.53. The highest BCUT2D eigenvalue weighted by molar-refractivity contribution is 6.11. The van der Waals surface area contributed by atoms with Gasteiger partial charge in [0.05, 0.1) is 29.8 Å². The molecule has 9 heteroatoms. The van der Waals surface area contributed by atoms with Crippen molar-refractivity contribution < 1.29 is 9.53 Å². The maximum Gasteiger partial charge on any atom is 0.407 e. The van der Waals surface area contributed by atoms with Crippen molar-refractivity contribution in [3.8, 4) is 0 Å². The Morgan fingerprint density at radius 2 is 2.00 bits per heavy atom. The number of carbonyl (C=O) groups is 1. The molecule has 9 nitrogen and oxygen atoms in total. The molecule has 2 aliphatic carbocycles. The van der Waals surface area contributed by atoms with E-state index in [0.29, 0.717) is 12.5 Å². The summed E-state index contributed by atoms with van der Waals surface area (Å²) < 4.78 is 5.61. The zero-order valence-electron chi connectivity index (χ0n) is 22.6. The molecule has 3 aliphatic heterocycles. The SMILES string of the molecule is CC(C)(C)OC(=O)N[C@@H]1[C@H]2CC2CC12CCN(c1cnc3c(n1)CN=C3N1CCCc3ncccc31)CC2. The van der Waals surface area contributed by atoms with Crippen molar-refractivity contribution in [2.75, 3.05) is 29.4 Å². The number of ether oxygens (including phenoxy) is 1. The van der Waals surface area contributed by atoms with Gasteiger partial charge in [-0.2, -0.15) is 0 Å². The number of aryl methyl sites for hydroxylation is 1. The van der Waals surface area contributed by atoms with Gasteiger partial charge in [0.1, 0.15) is 17.1 Å². The van der Waals surface area contributed by atoms with Crippen molar-refractivity contribution in [1.82, 2.24) is 20.3 Å². The van der Waals surface area contributed by atoms with E-state index in [1.54, 1.807) is 0 Å². The van der Waals surface area contributed by atoms with Crippen molar-refractivity contribution in [2.24, 2.45) is 22.2 Å². The number of aliphatic imine (C=N–C) groups is 1. The van der Waals surface area contributed by atoms with Crippen molar-refractivity contribution in [1.29, 1.82) is 0 Å². The molecule has 0 radical (unpaired) electrons. The van der Waals surface area contributed by atoms with Crippen LogP contribution >= 0.6 is 0 Å². The third-order valence-electron chi connectivity index (χ3n) is 9.12. The number of nitrogens with one attached hydrogen (secondary N) is 1. The monoisotopic (exact) mass is 515 g/mol. The molecule has 1 unspecified atom stereocenters. The highest BCUT2D eigenvalue weighted by atomic mass is 16.6. The molecule has 2 aromatic rings. The molecule has 0 aromatic carbocycles. The lowest BCUT2D eigenvalue weighted by molar-refractivity contribution is 0.0417. The Labute approximate surface area is 224 Å². The Morgan fingerprint density at radius 3 is 2.82 bits per heavy atom. The fourth-order valence-corrected chi connectivity index (χ4v) is 7.33. The lowest BCUT2D eigenvalue weighted by Gasteiger charge is -2.45. The molecular formula is C29H37N7O2. The number of pyridine rings is 1. The number of rotatable bonds is 2. The first kappa shape index (κ1) is 23.9. The summed E-state index contributed by atoms with van der Waals surface area (Å²) in [6.45, 7) is 9.11. The molecule has 7 rings (SSSR count). The number of amidine groups is 1. The van der Waals surface area contributed by atoms with Crippen molar-refractivity contribution in [2.45, 2.75) is 77.5 Å². The highest BCUT2D eigenvalue weighted by Gasteiger charge is 2.62. The minimum Gasteiger partial charge on any atom is -0.444 e. The van der Waals surface area contributed by atoms with Gasteiger partial charge in [-0.15, -0.1) is 0 Å². The van der Waals surface area contributed by atoms with E-state index in [-0.39, 0.29) is 17.6 Å². The number of hydrogen-bond acceptors (Lipinski definition) is 8. The lowest BCUT2D eigenvalue weighted by atomic mass is 9.71. The number of anilines is 2. The second-order valence-electron chi connectivity index (χ2n) is 12.7. The normalized spacial score (nSPS) is 26.9. The molecule has 1 spiro atoms. The van der Waals surface area contributed by atoms with Gasteiger partial charge in [-0.05, 0) is 88.7 Å². The fourth-order valence-electron chi connectivity index (χ4n) is 7.33. The van der Waals surface area contributed by atoms with Crippen molar-refractivity contribution in [3.63, 3.8) is 0 Å². The number of hydrogen-bond donors (Lipinski definition) is 1. The van der Waals surface area contributed by atoms with Gasteiger partial charge in [0.15, 0.2) is 5.84 Å². The van der Waals surface area contributed by atoms with Crippen LogP contribution in [0.25, 0.3) is 0 Å². The van der Waals surface area contributed by atoms with Crippen LogP contribution in [-0.2, 0) is 17.7 Å². The number of nitrogens with zero attached hydrogens (tertiary/aromatic N) is 6. The third kappa shape index (κ3) is 4.10. The Balaban J connectivity index is 1.04. The van der Waals surface area contributed by atoms with Crippen LogP contribution in [0.2, 0.25) is 0 Å². The van der Waals surface area contributed by atoms with Gasteiger partial charge in [0, 0.05) is 31.9 Å². The van der Waals surface area contributed by atoms with Gasteiger partial charge in [-0.3, -0.25) is 9.98 Å². The number of amides is 1. The van der Waals surface area contributed by atoms with E-state index in [4.69, 9.17) is 19.7 Å². The van der Waals surface area contributed by atoms with E-state index in [1.165, 1.54) is 12.8 Å². The minimum absolute atomic E-state index is 0.164. The van der Waals surface area contributed by atoms with Crippen LogP contribution < -0.4 is 15.1 Å². The van der Waals surface area contributed by atoms with Crippen LogP contribution in [0.4, 0.5) is 16.3 Å². The van der Waals surface area contributed by atoms with E-state index in [1.807, 2.05) is 39.2 Å². The topological polar surface area (TPSA) is 95.8 Å². The van der Waals surface area contributed by atoms with Crippen LogP contribution in [0.1, 0.15) is 70.0 Å². The second-order valence-corrected chi connectivity index (χ2v) is 12.7. The van der Waals surface area contributed by atoms with Crippen LogP contribution in [0, 0.1) is 17.3 Å². The summed E-state index contributed by atoms with van der Waals surface area (Å²) in [5, 5.41) is 3.29. The summed E-state index contributed by atoms with van der Waals surface area (Å²) in [4.78, 5) is 36.6. The molecule has 200 valence electrons. The average Bonchev–Trinajstić information content (AvgIpc) is 3.41. The second kappa shape index (κ2) is 8.64. The molecular weight excluding hydrogens is 478 g/mol. The van der Waals surface area contributed by atoms with Gasteiger partial charge < -0.3 is 19.9 Å². The molecule has 2 aromatic heterocycles. The quantitative estimate of drug-likeness (QED) is 0.643. The molecule has 0 bridgehead atoms. The van der Waals surface area contributed by atoms with Crippen molar-refractivity contribution in [3.05, 3.63) is 41.6 Å². The number of alkyl carbamates (subject to hydrolysis) is 1. The molecule has 2 saturated carbocycles. The molecule has 5 aliphatic rings. The number of piperidine rings is 1. The predicted molar refractivity (Wildman–Crippen MR) is 145 cm³/mol. The van der Waals surface area contributed by atoms with Gasteiger partial charge in [-0.1, -0.05) is 0 Å². The molecule has 5 heterocycles. The Bertz CT molecular complexity index is 1290. The molecule has 1 amide bonds. The zero-order chi connectivity index (χ0) is 26.1. The van der Waals surface area contributed by atoms with Gasteiger partial charge in [0.25, 0.3) is 0 Å². The van der Waals surface area contributed by atoms with E-state index in [2.05, 4.69) is 26.2 Å². The number of aromatic nitrogens is 3. The predicted octanol–water partition coefficient (Wildman–Crippen LogP) is 4.10. The van der Waals surface area contributed by atoms with Crippen LogP contribution in [-0.4, -0.2) is 58.2 Å². The zero-order valence-corrected chi connectivity index (χ0v) is 22.6. The molecule has 1 saturated heterocycles. The summed E-state index contributed by atoms with van der Waals surface area (Å²) in [5.74, 6) is 3.23. The van der Waals surface area contributed by atoms with Crippen LogP contribution in [0.5, 0.6) is 0 Å². The first-order valence-electron chi connectivity index (χ1n) is 14.2. The Hall–Kier alpha value is -3.23. The highest BCUT2D eigenvalue weighted by Crippen LogP contribution is 2.63. The molecule has 3 fully saturated rings. The van der Waals surface area contributed by atoms with Gasteiger partial charge >= 0.3 is 6.09 Å². The van der Waals surface area contributed by atoms with E-state index in [0.717, 1.165) is 85.7 Å². The first-order valence-corrected chi connectivity index (χ1v) is 14.2. The summed E-state index contributed by atoms with van der Waals surface area (Å²) >= 11 is 0. The summed E-state index contributed by atoms with van der Waals surface area (Å²) in [6.07, 6.45) is 10.1. The van der Waals surface area contributed by atoms with Crippen LogP contribution in [0.3, 0.4) is 0 Å². The average molecular weight is 516 g/mol. The van der Waals surface area contributed by atoms with E-state index < -0.39 is 5.60 Å². The van der Waals surface area contributed by atoms with Gasteiger partial charge in [-0.25, -0.2) is 14.8 Å². The maximum absolute atomic E-state index is 12.6. The van der Waals surface area contributed by atoms with Crippen molar-refractivity contribution >= 4 is 23.4 Å². The first-order chi connectivity index (χ1) is 18.3. The molecule has 38 heavy (non-hydrogen) atoms. The summed E-state index contributed by atoms with van der Waals surface area (Å²) in [5.41, 5.74) is 3.81. The van der Waals surface area contributed by atoms with E-state index in [9.17, 15) is 4.79 Å². The third-order valence-corrected chi connectivity index (χ3v) is 9.12. The number of fused-ring (bicyclic) bond motifs is 3. The van der Waals surface area contributed by atoms with Gasteiger partial charge in [0.2, 0.25) is 0 Å². The minimum atomic E-state index is -0.480. The van der Waals surface area contributed by atoms with E-state index >= 15 is 0 Å². The Kier molecular flexibility index (Phi) is 5.43. The molecule has 1 N–H and O–H groups in total. The summed E-state index contributed by atoms with van der Waals surface area (Å²) in [7, 11) is 0. The smallest absolute Gasteiger partial charge is 0.407 e. The standard InChI is InChI=1S/C29H37N7O2/c1-28(2,3)38-27(37)34-25-19-14-18(19)15-29(25)8-12-35(13-9-29)23-17-31-24-21(33-23)16-32-26(24)36-11-5-6-20-22(36)7-4-10-30-20/h4,7,10,17-19,25H,5-6,8-9,11-16H2,1-3H3,(H,34,37)/t18?,19-,25+/m0/s1.